The van der Waals surface area contributed by atoms with Crippen molar-refractivity contribution < 1.29 is 19.0 Å². The molecule has 6 heteroatoms. The van der Waals surface area contributed by atoms with Crippen molar-refractivity contribution in [1.82, 2.24) is 5.32 Å². The van der Waals surface area contributed by atoms with Crippen LogP contribution in [0, 0.1) is 5.82 Å². The SMILES string of the molecule is COc1cc(CNC(C)(C)CO)cc(Br)c1OCc1ccc(F)cc1. The van der Waals surface area contributed by atoms with Crippen molar-refractivity contribution in [3.63, 3.8) is 0 Å². The van der Waals surface area contributed by atoms with E-state index in [0.29, 0.717) is 24.7 Å². The van der Waals surface area contributed by atoms with Crippen LogP contribution in [0.3, 0.4) is 0 Å². The third-order valence-electron chi connectivity index (χ3n) is 3.75. The van der Waals surface area contributed by atoms with Gasteiger partial charge in [-0.15, -0.1) is 0 Å². The maximum atomic E-state index is 13.0. The highest BCUT2D eigenvalue weighted by atomic mass is 79.9. The van der Waals surface area contributed by atoms with Crippen LogP contribution in [0.1, 0.15) is 25.0 Å². The van der Waals surface area contributed by atoms with Crippen molar-refractivity contribution in [1.29, 1.82) is 0 Å². The standard InChI is InChI=1S/C19H23BrFNO3/c1-19(2,12-23)22-10-14-8-16(20)18(17(9-14)24-3)25-11-13-4-6-15(21)7-5-13/h4-9,22-23H,10-12H2,1-3H3. The molecular formula is C19H23BrFNO3. The molecule has 0 aliphatic heterocycles. The number of aliphatic hydroxyl groups is 1. The predicted octanol–water partition coefficient (Wildman–Crippen LogP) is 4.04. The van der Waals surface area contributed by atoms with Gasteiger partial charge in [0.2, 0.25) is 0 Å². The monoisotopic (exact) mass is 411 g/mol. The lowest BCUT2D eigenvalue weighted by molar-refractivity contribution is 0.187. The molecule has 0 amide bonds. The summed E-state index contributed by atoms with van der Waals surface area (Å²) < 4.78 is 25.0. The van der Waals surface area contributed by atoms with Gasteiger partial charge in [-0.05, 0) is 65.2 Å². The molecule has 4 nitrogen and oxygen atoms in total. The van der Waals surface area contributed by atoms with E-state index in [-0.39, 0.29) is 18.0 Å². The summed E-state index contributed by atoms with van der Waals surface area (Å²) in [5.41, 5.74) is 1.50. The first-order valence-electron chi connectivity index (χ1n) is 7.94. The van der Waals surface area contributed by atoms with Crippen molar-refractivity contribution in [2.24, 2.45) is 0 Å². The highest BCUT2D eigenvalue weighted by Crippen LogP contribution is 2.37. The molecule has 0 atom stereocenters. The van der Waals surface area contributed by atoms with Crippen LogP contribution in [-0.4, -0.2) is 24.4 Å². The van der Waals surface area contributed by atoms with Gasteiger partial charge in [0.05, 0.1) is 18.2 Å². The fourth-order valence-corrected chi connectivity index (χ4v) is 2.75. The Bertz CT molecular complexity index is 705. The van der Waals surface area contributed by atoms with Gasteiger partial charge in [-0.25, -0.2) is 4.39 Å². The lowest BCUT2D eigenvalue weighted by Gasteiger charge is -2.24. The molecule has 2 N–H and O–H groups in total. The van der Waals surface area contributed by atoms with E-state index in [1.807, 2.05) is 26.0 Å². The van der Waals surface area contributed by atoms with Crippen molar-refractivity contribution >= 4 is 15.9 Å². The van der Waals surface area contributed by atoms with Crippen molar-refractivity contribution in [3.05, 3.63) is 57.8 Å². The van der Waals surface area contributed by atoms with Gasteiger partial charge in [-0.1, -0.05) is 12.1 Å². The van der Waals surface area contributed by atoms with Gasteiger partial charge >= 0.3 is 0 Å². The lowest BCUT2D eigenvalue weighted by Crippen LogP contribution is -2.42. The predicted molar refractivity (Wildman–Crippen MR) is 99.4 cm³/mol. The van der Waals surface area contributed by atoms with E-state index in [1.54, 1.807) is 19.2 Å². The molecule has 136 valence electrons. The number of methoxy groups -OCH3 is 1. The summed E-state index contributed by atoms with van der Waals surface area (Å²) in [6.07, 6.45) is 0. The maximum Gasteiger partial charge on any atom is 0.175 e. The molecule has 2 aromatic carbocycles. The first kappa shape index (κ1) is 19.7. The van der Waals surface area contributed by atoms with Gasteiger partial charge in [0, 0.05) is 12.1 Å². The summed E-state index contributed by atoms with van der Waals surface area (Å²) in [4.78, 5) is 0. The molecule has 25 heavy (non-hydrogen) atoms. The molecule has 0 saturated heterocycles. The van der Waals surface area contributed by atoms with Crippen LogP contribution in [-0.2, 0) is 13.2 Å². The van der Waals surface area contributed by atoms with Crippen LogP contribution in [0.5, 0.6) is 11.5 Å². The third kappa shape index (κ3) is 5.70. The van der Waals surface area contributed by atoms with Crippen LogP contribution in [0.25, 0.3) is 0 Å². The quantitative estimate of drug-likeness (QED) is 0.688. The van der Waals surface area contributed by atoms with Gasteiger partial charge in [0.15, 0.2) is 11.5 Å². The van der Waals surface area contributed by atoms with Gasteiger partial charge in [0.1, 0.15) is 12.4 Å². The third-order valence-corrected chi connectivity index (χ3v) is 4.34. The average Bonchev–Trinajstić information content (AvgIpc) is 2.60. The number of halogens is 2. The number of benzene rings is 2. The summed E-state index contributed by atoms with van der Waals surface area (Å²) >= 11 is 3.52. The smallest absolute Gasteiger partial charge is 0.175 e. The Morgan fingerprint density at radius 1 is 1.16 bits per heavy atom. The van der Waals surface area contributed by atoms with E-state index in [1.165, 1.54) is 12.1 Å². The average molecular weight is 412 g/mol. The Kier molecular flexibility index (Phi) is 6.81. The number of hydrogen-bond donors (Lipinski definition) is 2. The summed E-state index contributed by atoms with van der Waals surface area (Å²) in [7, 11) is 1.58. The lowest BCUT2D eigenvalue weighted by atomic mass is 10.1. The molecule has 2 aromatic rings. The van der Waals surface area contributed by atoms with E-state index in [9.17, 15) is 9.50 Å². The Morgan fingerprint density at radius 2 is 1.84 bits per heavy atom. The molecule has 0 unspecified atom stereocenters. The van der Waals surface area contributed by atoms with Gasteiger partial charge in [-0.2, -0.15) is 0 Å². The number of hydrogen-bond acceptors (Lipinski definition) is 4. The summed E-state index contributed by atoms with van der Waals surface area (Å²) in [5.74, 6) is 0.928. The van der Waals surface area contributed by atoms with Crippen molar-refractivity contribution in [2.45, 2.75) is 32.5 Å². The zero-order valence-corrected chi connectivity index (χ0v) is 16.2. The molecule has 2 rings (SSSR count). The highest BCUT2D eigenvalue weighted by Gasteiger charge is 2.17. The summed E-state index contributed by atoms with van der Waals surface area (Å²) in [5, 5.41) is 12.6. The Morgan fingerprint density at radius 3 is 2.44 bits per heavy atom. The molecular weight excluding hydrogens is 389 g/mol. The number of rotatable bonds is 8. The minimum absolute atomic E-state index is 0.0458. The van der Waals surface area contributed by atoms with Gasteiger partial charge < -0.3 is 19.9 Å². The van der Waals surface area contributed by atoms with Crippen LogP contribution >= 0.6 is 15.9 Å². The van der Waals surface area contributed by atoms with E-state index in [0.717, 1.165) is 15.6 Å². The van der Waals surface area contributed by atoms with Crippen LogP contribution in [0.15, 0.2) is 40.9 Å². The topological polar surface area (TPSA) is 50.7 Å². The van der Waals surface area contributed by atoms with Gasteiger partial charge in [-0.3, -0.25) is 0 Å². The molecule has 0 aliphatic carbocycles. The Hall–Kier alpha value is -1.63. The first-order chi connectivity index (χ1) is 11.8. The molecule has 0 radical (unpaired) electrons. The Balaban J connectivity index is 2.11. The summed E-state index contributed by atoms with van der Waals surface area (Å²) in [6.45, 7) is 4.80. The zero-order chi connectivity index (χ0) is 18.4. The van der Waals surface area contributed by atoms with E-state index in [2.05, 4.69) is 21.2 Å². The maximum absolute atomic E-state index is 13.0. The molecule has 0 aromatic heterocycles. The number of aliphatic hydroxyl groups excluding tert-OH is 1. The molecule has 0 bridgehead atoms. The molecule has 0 fully saturated rings. The Labute approximate surface area is 156 Å². The molecule has 0 heterocycles. The van der Waals surface area contributed by atoms with Crippen LogP contribution in [0.4, 0.5) is 4.39 Å². The second-order valence-corrected chi connectivity index (χ2v) is 7.27. The fraction of sp³-hybridized carbons (Fsp3) is 0.368. The number of nitrogens with one attached hydrogen (secondary N) is 1. The second-order valence-electron chi connectivity index (χ2n) is 6.42. The normalized spacial score (nSPS) is 11.4. The van der Waals surface area contributed by atoms with Crippen molar-refractivity contribution in [3.8, 4) is 11.5 Å². The van der Waals surface area contributed by atoms with Crippen LogP contribution < -0.4 is 14.8 Å². The highest BCUT2D eigenvalue weighted by molar-refractivity contribution is 9.10. The van der Waals surface area contributed by atoms with Crippen LogP contribution in [0.2, 0.25) is 0 Å². The second kappa shape index (κ2) is 8.65. The largest absolute Gasteiger partial charge is 0.493 e. The zero-order valence-electron chi connectivity index (χ0n) is 14.6. The van der Waals surface area contributed by atoms with Crippen molar-refractivity contribution in [2.75, 3.05) is 13.7 Å². The molecule has 0 spiro atoms. The van der Waals surface area contributed by atoms with E-state index >= 15 is 0 Å². The first-order valence-corrected chi connectivity index (χ1v) is 8.73. The number of ether oxygens (including phenoxy) is 2. The summed E-state index contributed by atoms with van der Waals surface area (Å²) in [6, 6.07) is 10.0. The van der Waals surface area contributed by atoms with E-state index < -0.39 is 0 Å². The minimum atomic E-state index is -0.364. The van der Waals surface area contributed by atoms with Gasteiger partial charge in [0.25, 0.3) is 0 Å². The minimum Gasteiger partial charge on any atom is -0.493 e. The fourth-order valence-electron chi connectivity index (χ4n) is 2.15. The molecule has 0 saturated carbocycles. The molecule has 0 aliphatic rings. The van der Waals surface area contributed by atoms with E-state index in [4.69, 9.17) is 9.47 Å².